The fraction of sp³-hybridized carbons (Fsp3) is 0.429. The van der Waals surface area contributed by atoms with Crippen molar-refractivity contribution in [1.29, 1.82) is 0 Å². The molecule has 0 aliphatic carbocycles. The van der Waals surface area contributed by atoms with Gasteiger partial charge in [0.05, 0.1) is 0 Å². The summed E-state index contributed by atoms with van der Waals surface area (Å²) in [6.45, 7) is 7.66. The minimum Gasteiger partial charge on any atom is -0.298 e. The maximum absolute atomic E-state index is 13.1. The first-order chi connectivity index (χ1) is 11.5. The van der Waals surface area contributed by atoms with Crippen LogP contribution in [0.2, 0.25) is 0 Å². The normalized spacial score (nSPS) is 22.0. The number of alkyl halides is 1. The quantitative estimate of drug-likeness (QED) is 0.436. The van der Waals surface area contributed by atoms with Crippen molar-refractivity contribution in [2.24, 2.45) is 0 Å². The maximum Gasteiger partial charge on any atom is 0.123 e. The Bertz CT molecular complexity index is 668. The molecule has 1 aliphatic heterocycles. The first-order valence-corrected chi connectivity index (χ1v) is 9.99. The average Bonchev–Trinajstić information content (AvgIpc) is 2.58. The fourth-order valence-electron chi connectivity index (χ4n) is 3.65. The van der Waals surface area contributed by atoms with Gasteiger partial charge >= 0.3 is 0 Å². The van der Waals surface area contributed by atoms with Gasteiger partial charge in [-0.15, -0.1) is 0 Å². The predicted molar refractivity (Wildman–Crippen MR) is 107 cm³/mol. The molecular weight excluding hydrogens is 412 g/mol. The summed E-state index contributed by atoms with van der Waals surface area (Å²) in [6.07, 6.45) is 1.21. The number of likely N-dealkylation sites (tertiary alicyclic amines) is 1. The molecule has 128 valence electrons. The maximum atomic E-state index is 13.1. The van der Waals surface area contributed by atoms with Gasteiger partial charge in [-0.3, -0.25) is 4.90 Å². The zero-order chi connectivity index (χ0) is 17.1. The van der Waals surface area contributed by atoms with E-state index in [4.69, 9.17) is 0 Å². The Morgan fingerprint density at radius 1 is 1.12 bits per heavy atom. The highest BCUT2D eigenvalue weighted by molar-refractivity contribution is 14.1. The second-order valence-corrected chi connectivity index (χ2v) is 8.66. The van der Waals surface area contributed by atoms with E-state index in [-0.39, 0.29) is 5.82 Å². The van der Waals surface area contributed by atoms with Crippen molar-refractivity contribution in [3.63, 3.8) is 0 Å². The zero-order valence-electron chi connectivity index (χ0n) is 14.4. The SMILES string of the molecule is CC(C)c1ccccc1C1CN(Cc2ccc(F)cc2)CCC1I. The van der Waals surface area contributed by atoms with Crippen LogP contribution in [-0.4, -0.2) is 21.9 Å². The van der Waals surface area contributed by atoms with Crippen LogP contribution in [0.3, 0.4) is 0 Å². The highest BCUT2D eigenvalue weighted by Crippen LogP contribution is 2.36. The third-order valence-corrected chi connectivity index (χ3v) is 6.44. The van der Waals surface area contributed by atoms with Crippen LogP contribution in [0.15, 0.2) is 48.5 Å². The van der Waals surface area contributed by atoms with Crippen LogP contribution < -0.4 is 0 Å². The van der Waals surface area contributed by atoms with Crippen molar-refractivity contribution in [3.05, 3.63) is 71.0 Å². The summed E-state index contributed by atoms with van der Waals surface area (Å²) in [6, 6.07) is 15.8. The van der Waals surface area contributed by atoms with Gasteiger partial charge in [-0.2, -0.15) is 0 Å². The molecule has 0 N–H and O–H groups in total. The summed E-state index contributed by atoms with van der Waals surface area (Å²) < 4.78 is 13.8. The molecule has 1 saturated heterocycles. The lowest BCUT2D eigenvalue weighted by atomic mass is 9.84. The molecule has 0 radical (unpaired) electrons. The standard InChI is InChI=1S/C21H25FIN/c1-15(2)18-5-3-4-6-19(18)20-14-24(12-11-21(20)23)13-16-7-9-17(22)10-8-16/h3-10,15,20-21H,11-14H2,1-2H3. The van der Waals surface area contributed by atoms with Gasteiger partial charge in [0.25, 0.3) is 0 Å². The summed E-state index contributed by atoms with van der Waals surface area (Å²) >= 11 is 2.63. The second kappa shape index (κ2) is 7.96. The van der Waals surface area contributed by atoms with E-state index in [1.165, 1.54) is 23.1 Å². The summed E-state index contributed by atoms with van der Waals surface area (Å²) in [5.74, 6) is 0.962. The topological polar surface area (TPSA) is 3.24 Å². The molecule has 1 fully saturated rings. The Labute approximate surface area is 158 Å². The number of piperidine rings is 1. The van der Waals surface area contributed by atoms with E-state index in [0.717, 1.165) is 19.6 Å². The molecule has 0 bridgehead atoms. The van der Waals surface area contributed by atoms with Gasteiger partial charge in [-0.05, 0) is 47.7 Å². The molecule has 2 aromatic rings. The molecule has 1 heterocycles. The predicted octanol–water partition coefficient (Wildman–Crippen LogP) is 5.74. The van der Waals surface area contributed by atoms with Gasteiger partial charge in [0.15, 0.2) is 0 Å². The minimum absolute atomic E-state index is 0.159. The Balaban J connectivity index is 1.77. The molecule has 0 amide bonds. The van der Waals surface area contributed by atoms with Crippen LogP contribution in [0, 0.1) is 5.82 Å². The highest BCUT2D eigenvalue weighted by Gasteiger charge is 2.30. The molecule has 3 rings (SSSR count). The molecule has 3 heteroatoms. The number of benzene rings is 2. The lowest BCUT2D eigenvalue weighted by molar-refractivity contribution is 0.208. The lowest BCUT2D eigenvalue weighted by Gasteiger charge is -2.37. The van der Waals surface area contributed by atoms with Gasteiger partial charge in [-0.25, -0.2) is 4.39 Å². The van der Waals surface area contributed by atoms with Gasteiger partial charge in [-0.1, -0.05) is 72.8 Å². The summed E-state index contributed by atoms with van der Waals surface area (Å²) in [5, 5.41) is 0. The molecule has 0 saturated carbocycles. The second-order valence-electron chi connectivity index (χ2n) is 7.06. The Morgan fingerprint density at radius 2 is 1.83 bits per heavy atom. The Hall–Kier alpha value is -0.940. The van der Waals surface area contributed by atoms with E-state index < -0.39 is 0 Å². The fourth-order valence-corrected chi connectivity index (χ4v) is 4.54. The molecule has 1 aliphatic rings. The summed E-state index contributed by atoms with van der Waals surface area (Å²) in [5.41, 5.74) is 4.18. The monoisotopic (exact) mass is 437 g/mol. The van der Waals surface area contributed by atoms with Crippen molar-refractivity contribution >= 4 is 22.6 Å². The number of halogens is 2. The third-order valence-electron chi connectivity index (χ3n) is 4.95. The molecular formula is C21H25FIN. The molecule has 0 aromatic heterocycles. The van der Waals surface area contributed by atoms with Crippen molar-refractivity contribution in [2.45, 2.75) is 42.6 Å². The first kappa shape index (κ1) is 17.9. The Kier molecular flexibility index (Phi) is 5.93. The van der Waals surface area contributed by atoms with Crippen molar-refractivity contribution in [2.75, 3.05) is 13.1 Å². The number of rotatable bonds is 4. The van der Waals surface area contributed by atoms with Crippen LogP contribution in [0.1, 0.15) is 48.8 Å². The van der Waals surface area contributed by atoms with E-state index in [9.17, 15) is 4.39 Å². The molecule has 2 atom stereocenters. The Morgan fingerprint density at radius 3 is 2.54 bits per heavy atom. The van der Waals surface area contributed by atoms with E-state index >= 15 is 0 Å². The molecule has 2 aromatic carbocycles. The largest absolute Gasteiger partial charge is 0.298 e. The van der Waals surface area contributed by atoms with Crippen molar-refractivity contribution < 1.29 is 4.39 Å². The summed E-state index contributed by atoms with van der Waals surface area (Å²) in [7, 11) is 0. The molecule has 24 heavy (non-hydrogen) atoms. The average molecular weight is 437 g/mol. The van der Waals surface area contributed by atoms with Gasteiger partial charge in [0.1, 0.15) is 5.82 Å². The van der Waals surface area contributed by atoms with Crippen LogP contribution in [0.25, 0.3) is 0 Å². The van der Waals surface area contributed by atoms with Gasteiger partial charge < -0.3 is 0 Å². The minimum atomic E-state index is -0.159. The lowest BCUT2D eigenvalue weighted by Crippen LogP contribution is -2.39. The zero-order valence-corrected chi connectivity index (χ0v) is 16.5. The first-order valence-electron chi connectivity index (χ1n) is 8.74. The van der Waals surface area contributed by atoms with Gasteiger partial charge in [0.2, 0.25) is 0 Å². The van der Waals surface area contributed by atoms with Gasteiger partial charge in [0, 0.05) is 22.9 Å². The van der Waals surface area contributed by atoms with Crippen LogP contribution >= 0.6 is 22.6 Å². The van der Waals surface area contributed by atoms with Crippen LogP contribution in [0.5, 0.6) is 0 Å². The third kappa shape index (κ3) is 4.17. The molecule has 2 unspecified atom stereocenters. The van der Waals surface area contributed by atoms with Crippen LogP contribution in [0.4, 0.5) is 4.39 Å². The molecule has 1 nitrogen and oxygen atoms in total. The highest BCUT2D eigenvalue weighted by atomic mass is 127. The van der Waals surface area contributed by atoms with Crippen molar-refractivity contribution in [3.8, 4) is 0 Å². The summed E-state index contributed by atoms with van der Waals surface area (Å²) in [4.78, 5) is 2.52. The van der Waals surface area contributed by atoms with E-state index in [2.05, 4.69) is 65.6 Å². The number of hydrogen-bond donors (Lipinski definition) is 0. The van der Waals surface area contributed by atoms with E-state index in [0.29, 0.717) is 15.8 Å². The molecule has 0 spiro atoms. The number of nitrogens with zero attached hydrogens (tertiary/aromatic N) is 1. The van der Waals surface area contributed by atoms with E-state index in [1.54, 1.807) is 12.1 Å². The van der Waals surface area contributed by atoms with Crippen molar-refractivity contribution in [1.82, 2.24) is 4.90 Å². The van der Waals surface area contributed by atoms with Crippen LogP contribution in [-0.2, 0) is 6.54 Å². The number of hydrogen-bond acceptors (Lipinski definition) is 1. The van der Waals surface area contributed by atoms with E-state index in [1.807, 2.05) is 12.1 Å². The smallest absolute Gasteiger partial charge is 0.123 e.